The Balaban J connectivity index is 0.00000117. The first-order valence-electron chi connectivity index (χ1n) is 8.98. The molecule has 0 atom stereocenters. The first kappa shape index (κ1) is 20.0. The number of rotatable bonds is 6. The maximum Gasteiger partial charge on any atom is 0.153 e. The van der Waals surface area contributed by atoms with Crippen molar-refractivity contribution in [3.8, 4) is 5.75 Å². The summed E-state index contributed by atoms with van der Waals surface area (Å²) in [7, 11) is 1.67. The van der Waals surface area contributed by atoms with Crippen LogP contribution in [0.2, 0.25) is 5.15 Å². The highest BCUT2D eigenvalue weighted by Gasteiger charge is 2.12. The molecule has 0 bridgehead atoms. The second kappa shape index (κ2) is 9.43. The smallest absolute Gasteiger partial charge is 0.153 e. The molecule has 0 aliphatic rings. The fourth-order valence-electron chi connectivity index (χ4n) is 2.66. The van der Waals surface area contributed by atoms with E-state index in [2.05, 4.69) is 41.3 Å². The molecule has 0 saturated carbocycles. The molecule has 0 unspecified atom stereocenters. The minimum atomic E-state index is 0.318. The van der Waals surface area contributed by atoms with Gasteiger partial charge in [0.25, 0.3) is 0 Å². The molecular formula is C20H27ClN4O. The van der Waals surface area contributed by atoms with E-state index in [4.69, 9.17) is 16.3 Å². The van der Waals surface area contributed by atoms with Gasteiger partial charge in [-0.25, -0.2) is 9.97 Å². The Labute approximate surface area is 160 Å². The zero-order valence-electron chi connectivity index (χ0n) is 16.1. The van der Waals surface area contributed by atoms with Gasteiger partial charge in [-0.3, -0.25) is 4.40 Å². The van der Waals surface area contributed by atoms with Crippen molar-refractivity contribution < 1.29 is 4.74 Å². The molecule has 1 N–H and O–H groups in total. The molecule has 6 heteroatoms. The molecule has 26 heavy (non-hydrogen) atoms. The van der Waals surface area contributed by atoms with E-state index in [0.29, 0.717) is 11.1 Å². The summed E-state index contributed by atoms with van der Waals surface area (Å²) in [6, 6.07) is 8.07. The van der Waals surface area contributed by atoms with Crippen LogP contribution in [0, 0.1) is 0 Å². The van der Waals surface area contributed by atoms with Crippen molar-refractivity contribution in [2.45, 2.75) is 40.0 Å². The highest BCUT2D eigenvalue weighted by molar-refractivity contribution is 6.29. The van der Waals surface area contributed by atoms with Crippen molar-refractivity contribution in [3.63, 3.8) is 0 Å². The molecule has 5 nitrogen and oxygen atoms in total. The molecule has 0 fully saturated rings. The van der Waals surface area contributed by atoms with Gasteiger partial charge < -0.3 is 10.1 Å². The Morgan fingerprint density at radius 3 is 2.50 bits per heavy atom. The first-order chi connectivity index (χ1) is 12.6. The number of nitrogens with one attached hydrogen (secondary N) is 1. The zero-order chi connectivity index (χ0) is 19.1. The van der Waals surface area contributed by atoms with Gasteiger partial charge in [-0.05, 0) is 24.1 Å². The third kappa shape index (κ3) is 4.67. The molecule has 1 aromatic carbocycles. The Morgan fingerprint density at radius 2 is 1.88 bits per heavy atom. The summed E-state index contributed by atoms with van der Waals surface area (Å²) in [6.07, 6.45) is 4.54. The lowest BCUT2D eigenvalue weighted by Crippen LogP contribution is -2.08. The van der Waals surface area contributed by atoms with E-state index in [1.807, 2.05) is 42.8 Å². The van der Waals surface area contributed by atoms with Crippen LogP contribution in [-0.4, -0.2) is 28.0 Å². The largest absolute Gasteiger partial charge is 0.497 e. The molecule has 0 amide bonds. The van der Waals surface area contributed by atoms with E-state index in [1.165, 1.54) is 5.56 Å². The Morgan fingerprint density at radius 1 is 1.19 bits per heavy atom. The minimum Gasteiger partial charge on any atom is -0.497 e. The molecule has 2 heterocycles. The van der Waals surface area contributed by atoms with Crippen molar-refractivity contribution in [1.29, 1.82) is 0 Å². The maximum atomic E-state index is 6.17. The lowest BCUT2D eigenvalue weighted by molar-refractivity contribution is 0.414. The normalized spacial score (nSPS) is 10.6. The number of fused-ring (bicyclic) bond motifs is 1. The minimum absolute atomic E-state index is 0.318. The van der Waals surface area contributed by atoms with E-state index < -0.39 is 0 Å². The van der Waals surface area contributed by atoms with Crippen molar-refractivity contribution in [2.75, 3.05) is 19.0 Å². The number of nitrogens with zero attached hydrogens (tertiary/aromatic N) is 3. The third-order valence-corrected chi connectivity index (χ3v) is 4.09. The molecule has 3 aromatic rings. The Bertz CT molecular complexity index is 828. The van der Waals surface area contributed by atoms with Crippen LogP contribution in [0.5, 0.6) is 5.75 Å². The number of methoxy groups -OCH3 is 1. The summed E-state index contributed by atoms with van der Waals surface area (Å²) in [5, 5.41) is 3.82. The number of imidazole rings is 1. The third-order valence-electron chi connectivity index (χ3n) is 3.90. The Kier molecular flexibility index (Phi) is 7.27. The SMILES string of the molecule is CC.COc1ccc(CCNc2nc(Cl)cn3c(C(C)C)ncc23)cc1. The van der Waals surface area contributed by atoms with Crippen LogP contribution in [0.15, 0.2) is 36.7 Å². The fourth-order valence-corrected chi connectivity index (χ4v) is 2.84. The van der Waals surface area contributed by atoms with Crippen LogP contribution in [0.3, 0.4) is 0 Å². The van der Waals surface area contributed by atoms with Gasteiger partial charge in [-0.2, -0.15) is 0 Å². The summed E-state index contributed by atoms with van der Waals surface area (Å²) < 4.78 is 7.19. The molecule has 0 aliphatic carbocycles. The number of anilines is 1. The van der Waals surface area contributed by atoms with E-state index in [1.54, 1.807) is 7.11 Å². The summed E-state index contributed by atoms with van der Waals surface area (Å²) in [5.74, 6) is 2.92. The van der Waals surface area contributed by atoms with Crippen molar-refractivity contribution in [1.82, 2.24) is 14.4 Å². The molecule has 0 saturated heterocycles. The molecule has 140 valence electrons. The van der Waals surface area contributed by atoms with Gasteiger partial charge in [0, 0.05) is 18.7 Å². The maximum absolute atomic E-state index is 6.17. The van der Waals surface area contributed by atoms with Crippen LogP contribution in [-0.2, 0) is 6.42 Å². The van der Waals surface area contributed by atoms with E-state index in [-0.39, 0.29) is 0 Å². The van der Waals surface area contributed by atoms with Gasteiger partial charge in [0.2, 0.25) is 0 Å². The van der Waals surface area contributed by atoms with Crippen molar-refractivity contribution in [2.24, 2.45) is 0 Å². The van der Waals surface area contributed by atoms with Gasteiger partial charge in [0.15, 0.2) is 5.82 Å². The predicted octanol–water partition coefficient (Wildman–Crippen LogP) is 5.20. The first-order valence-corrected chi connectivity index (χ1v) is 9.36. The summed E-state index contributed by atoms with van der Waals surface area (Å²) in [5.41, 5.74) is 2.18. The number of hydrogen-bond donors (Lipinski definition) is 1. The van der Waals surface area contributed by atoms with Crippen molar-refractivity contribution >= 4 is 22.9 Å². The molecule has 0 radical (unpaired) electrons. The average molecular weight is 375 g/mol. The van der Waals surface area contributed by atoms with Crippen LogP contribution < -0.4 is 10.1 Å². The molecule has 0 aliphatic heterocycles. The van der Waals surface area contributed by atoms with Crippen molar-refractivity contribution in [3.05, 3.63) is 53.2 Å². The number of ether oxygens (including phenoxy) is 1. The molecule has 3 rings (SSSR count). The predicted molar refractivity (Wildman–Crippen MR) is 109 cm³/mol. The zero-order valence-corrected chi connectivity index (χ0v) is 16.8. The van der Waals surface area contributed by atoms with Gasteiger partial charge in [0.1, 0.15) is 22.2 Å². The van der Waals surface area contributed by atoms with E-state index in [0.717, 1.165) is 35.9 Å². The quantitative estimate of drug-likeness (QED) is 0.644. The molecular weight excluding hydrogens is 348 g/mol. The molecule has 0 spiro atoms. The summed E-state index contributed by atoms with van der Waals surface area (Å²) in [4.78, 5) is 8.90. The average Bonchev–Trinajstić information content (AvgIpc) is 3.08. The lowest BCUT2D eigenvalue weighted by atomic mass is 10.1. The second-order valence-corrected chi connectivity index (χ2v) is 6.35. The van der Waals surface area contributed by atoms with Gasteiger partial charge in [-0.1, -0.05) is 51.4 Å². The van der Waals surface area contributed by atoms with Gasteiger partial charge >= 0.3 is 0 Å². The summed E-state index contributed by atoms with van der Waals surface area (Å²) >= 11 is 6.17. The number of hydrogen-bond acceptors (Lipinski definition) is 4. The van der Waals surface area contributed by atoms with Gasteiger partial charge in [-0.15, -0.1) is 0 Å². The van der Waals surface area contributed by atoms with E-state index >= 15 is 0 Å². The Hall–Kier alpha value is -2.27. The van der Waals surface area contributed by atoms with E-state index in [9.17, 15) is 0 Å². The number of benzene rings is 1. The standard InChI is InChI=1S/C18H21ClN4O.C2H6/c1-12(2)18-21-10-15-17(22-16(19)11-23(15)18)20-9-8-13-4-6-14(24-3)7-5-13;1-2/h4-7,10-12H,8-9H2,1-3H3,(H,20,22);1-2H3. The number of halogens is 1. The molecule has 2 aromatic heterocycles. The van der Waals surface area contributed by atoms with Crippen LogP contribution in [0.25, 0.3) is 5.52 Å². The lowest BCUT2D eigenvalue weighted by Gasteiger charge is -2.10. The highest BCUT2D eigenvalue weighted by Crippen LogP contribution is 2.23. The second-order valence-electron chi connectivity index (χ2n) is 5.96. The monoisotopic (exact) mass is 374 g/mol. The summed E-state index contributed by atoms with van der Waals surface area (Å²) in [6.45, 7) is 8.98. The van der Waals surface area contributed by atoms with Crippen LogP contribution in [0.4, 0.5) is 5.82 Å². The highest BCUT2D eigenvalue weighted by atomic mass is 35.5. The van der Waals surface area contributed by atoms with Crippen LogP contribution >= 0.6 is 11.6 Å². The fraction of sp³-hybridized carbons (Fsp3) is 0.400. The van der Waals surface area contributed by atoms with Crippen LogP contribution in [0.1, 0.15) is 45.0 Å². The topological polar surface area (TPSA) is 51.5 Å². The van der Waals surface area contributed by atoms with Gasteiger partial charge in [0.05, 0.1) is 13.3 Å². The number of aromatic nitrogens is 3.